The number of amides is 1. The molecule has 10 nitrogen and oxygen atoms in total. The average molecular weight is 484 g/mol. The first-order valence-electron chi connectivity index (χ1n) is 11.5. The molecule has 3 N–H and O–H groups in total. The fourth-order valence-corrected chi connectivity index (χ4v) is 4.06. The number of pyridine rings is 3. The monoisotopic (exact) mass is 483 g/mol. The number of nitrogens with two attached hydrogens (primary N) is 1. The Hall–Kier alpha value is -4.44. The maximum absolute atomic E-state index is 11.5. The van der Waals surface area contributed by atoms with Crippen LogP contribution in [0.4, 0.5) is 5.95 Å². The molecule has 2 atom stereocenters. The van der Waals surface area contributed by atoms with Crippen LogP contribution >= 0.6 is 0 Å². The van der Waals surface area contributed by atoms with E-state index in [9.17, 15) is 4.79 Å². The summed E-state index contributed by atoms with van der Waals surface area (Å²) in [6, 6.07) is 11.5. The zero-order valence-electron chi connectivity index (χ0n) is 19.7. The Morgan fingerprint density at radius 3 is 2.56 bits per heavy atom. The molecule has 0 spiro atoms. The van der Waals surface area contributed by atoms with Crippen molar-refractivity contribution in [1.82, 2.24) is 24.9 Å². The fourth-order valence-electron chi connectivity index (χ4n) is 4.06. The molecule has 0 aromatic carbocycles. The third-order valence-corrected chi connectivity index (χ3v) is 6.01. The summed E-state index contributed by atoms with van der Waals surface area (Å²) in [6.07, 6.45) is 9.43. The van der Waals surface area contributed by atoms with Gasteiger partial charge in [-0.3, -0.25) is 19.7 Å². The maximum atomic E-state index is 11.5. The van der Waals surface area contributed by atoms with Crippen LogP contribution in [-0.2, 0) is 9.53 Å². The largest absolute Gasteiger partial charge is 0.494 e. The van der Waals surface area contributed by atoms with Crippen molar-refractivity contribution in [2.75, 3.05) is 19.0 Å². The number of anilines is 1. The Morgan fingerprint density at radius 1 is 0.972 bits per heavy atom. The van der Waals surface area contributed by atoms with Gasteiger partial charge < -0.3 is 20.5 Å². The third-order valence-electron chi connectivity index (χ3n) is 6.01. The molecular weight excluding hydrogens is 458 g/mol. The molecule has 1 amide bonds. The van der Waals surface area contributed by atoms with Gasteiger partial charge in [-0.15, -0.1) is 0 Å². The number of hydrogen-bond donors (Lipinski definition) is 2. The highest BCUT2D eigenvalue weighted by molar-refractivity contribution is 5.76. The number of nitrogens with zero attached hydrogens (tertiary/aromatic N) is 5. The number of nitrogens with one attached hydrogen (secondary N) is 1. The van der Waals surface area contributed by atoms with Crippen LogP contribution in [0.2, 0.25) is 0 Å². The van der Waals surface area contributed by atoms with E-state index >= 15 is 0 Å². The van der Waals surface area contributed by atoms with E-state index in [0.29, 0.717) is 36.8 Å². The Bertz CT molecular complexity index is 1350. The van der Waals surface area contributed by atoms with Crippen molar-refractivity contribution in [3.8, 4) is 39.5 Å². The summed E-state index contributed by atoms with van der Waals surface area (Å²) < 4.78 is 11.1. The van der Waals surface area contributed by atoms with Crippen LogP contribution in [0.25, 0.3) is 33.8 Å². The van der Waals surface area contributed by atoms with Crippen LogP contribution in [0, 0.1) is 5.92 Å². The van der Waals surface area contributed by atoms with E-state index in [4.69, 9.17) is 15.2 Å². The Morgan fingerprint density at radius 2 is 1.81 bits per heavy atom. The molecule has 0 saturated carbocycles. The predicted octanol–water partition coefficient (Wildman–Crippen LogP) is 3.32. The molecule has 2 unspecified atom stereocenters. The van der Waals surface area contributed by atoms with Crippen molar-refractivity contribution in [3.05, 3.63) is 67.4 Å². The summed E-state index contributed by atoms with van der Waals surface area (Å²) in [5, 5.41) is 3.11. The molecular formula is C26H25N7O3. The molecule has 4 aromatic heterocycles. The van der Waals surface area contributed by atoms with Crippen LogP contribution in [0.15, 0.2) is 67.4 Å². The first-order valence-corrected chi connectivity index (χ1v) is 11.5. The lowest BCUT2D eigenvalue weighted by atomic mass is 9.98. The quantitative estimate of drug-likeness (QED) is 0.405. The van der Waals surface area contributed by atoms with Crippen molar-refractivity contribution >= 4 is 11.9 Å². The second kappa shape index (κ2) is 10.4. The standard InChI is InChI=1S/C26H25N7O3/c1-35-22-3-2-8-29-24(22)21-11-16(6-9-28-21)18-4-5-20(30-13-18)19-14-31-26(32-15-19)33-23-12-17(25(27)34)7-10-36-23/h2-6,8-9,11,13-15,17,23H,7,10,12H2,1H3,(H2,27,34)(H,31,32,33). The van der Waals surface area contributed by atoms with E-state index in [1.54, 1.807) is 38.1 Å². The first-order chi connectivity index (χ1) is 17.6. The van der Waals surface area contributed by atoms with E-state index in [0.717, 1.165) is 28.1 Å². The van der Waals surface area contributed by atoms with Gasteiger partial charge in [0.2, 0.25) is 11.9 Å². The van der Waals surface area contributed by atoms with E-state index in [2.05, 4.69) is 30.2 Å². The van der Waals surface area contributed by atoms with Gasteiger partial charge in [-0.1, -0.05) is 6.07 Å². The van der Waals surface area contributed by atoms with E-state index < -0.39 is 0 Å². The molecule has 0 bridgehead atoms. The number of hydrogen-bond acceptors (Lipinski definition) is 9. The number of carbonyl (C=O) groups excluding carboxylic acids is 1. The van der Waals surface area contributed by atoms with E-state index in [1.807, 2.05) is 36.4 Å². The van der Waals surface area contributed by atoms with Crippen molar-refractivity contribution < 1.29 is 14.3 Å². The second-order valence-electron chi connectivity index (χ2n) is 8.34. The molecule has 1 saturated heterocycles. The zero-order valence-corrected chi connectivity index (χ0v) is 19.7. The number of carbonyl (C=O) groups is 1. The average Bonchev–Trinajstić information content (AvgIpc) is 2.94. The minimum absolute atomic E-state index is 0.208. The molecule has 182 valence electrons. The van der Waals surface area contributed by atoms with Crippen LogP contribution < -0.4 is 15.8 Å². The number of rotatable bonds is 7. The molecule has 36 heavy (non-hydrogen) atoms. The predicted molar refractivity (Wildman–Crippen MR) is 134 cm³/mol. The zero-order chi connectivity index (χ0) is 24.9. The second-order valence-corrected chi connectivity index (χ2v) is 8.34. The third kappa shape index (κ3) is 5.13. The highest BCUT2D eigenvalue weighted by Crippen LogP contribution is 2.29. The van der Waals surface area contributed by atoms with Gasteiger partial charge in [0.25, 0.3) is 0 Å². The number of primary amides is 1. The first kappa shape index (κ1) is 23.3. The van der Waals surface area contributed by atoms with Gasteiger partial charge in [-0.2, -0.15) is 0 Å². The van der Waals surface area contributed by atoms with Crippen LogP contribution in [-0.4, -0.2) is 50.8 Å². The van der Waals surface area contributed by atoms with Crippen molar-refractivity contribution in [2.24, 2.45) is 11.7 Å². The summed E-state index contributed by atoms with van der Waals surface area (Å²) in [7, 11) is 1.61. The van der Waals surface area contributed by atoms with Gasteiger partial charge >= 0.3 is 0 Å². The summed E-state index contributed by atoms with van der Waals surface area (Å²) in [5.74, 6) is 0.562. The van der Waals surface area contributed by atoms with Gasteiger partial charge in [0.05, 0.1) is 18.5 Å². The molecule has 10 heteroatoms. The normalized spacial score (nSPS) is 17.4. The highest BCUT2D eigenvalue weighted by atomic mass is 16.5. The van der Waals surface area contributed by atoms with Crippen LogP contribution in [0.5, 0.6) is 5.75 Å². The maximum Gasteiger partial charge on any atom is 0.224 e. The van der Waals surface area contributed by atoms with Crippen LogP contribution in [0.1, 0.15) is 12.8 Å². The van der Waals surface area contributed by atoms with Crippen molar-refractivity contribution in [3.63, 3.8) is 0 Å². The molecule has 1 fully saturated rings. The summed E-state index contributed by atoms with van der Waals surface area (Å²) >= 11 is 0. The molecule has 1 aliphatic heterocycles. The fraction of sp³-hybridized carbons (Fsp3) is 0.231. The lowest BCUT2D eigenvalue weighted by molar-refractivity contribution is -0.126. The summed E-state index contributed by atoms with van der Waals surface area (Å²) in [4.78, 5) is 33.7. The Kier molecular flexibility index (Phi) is 6.76. The molecule has 5 rings (SSSR count). The van der Waals surface area contributed by atoms with Gasteiger partial charge in [0.15, 0.2) is 0 Å². The molecule has 4 aromatic rings. The Labute approximate surface area is 208 Å². The molecule has 5 heterocycles. The van der Waals surface area contributed by atoms with Gasteiger partial charge in [-0.05, 0) is 42.3 Å². The van der Waals surface area contributed by atoms with Gasteiger partial charge in [0.1, 0.15) is 17.7 Å². The number of ether oxygens (including phenoxy) is 2. The van der Waals surface area contributed by atoms with Crippen molar-refractivity contribution in [2.45, 2.75) is 19.1 Å². The number of methoxy groups -OCH3 is 1. The smallest absolute Gasteiger partial charge is 0.224 e. The Balaban J connectivity index is 1.29. The summed E-state index contributed by atoms with van der Waals surface area (Å²) in [5.41, 5.74) is 10.3. The van der Waals surface area contributed by atoms with Crippen LogP contribution in [0.3, 0.4) is 0 Å². The summed E-state index contributed by atoms with van der Waals surface area (Å²) in [6.45, 7) is 0.466. The highest BCUT2D eigenvalue weighted by Gasteiger charge is 2.26. The molecule has 1 aliphatic rings. The topological polar surface area (TPSA) is 138 Å². The molecule has 0 aliphatic carbocycles. The lowest BCUT2D eigenvalue weighted by Gasteiger charge is -2.28. The van der Waals surface area contributed by atoms with E-state index in [1.165, 1.54) is 0 Å². The minimum Gasteiger partial charge on any atom is -0.494 e. The van der Waals surface area contributed by atoms with E-state index in [-0.39, 0.29) is 18.1 Å². The minimum atomic E-state index is -0.351. The lowest BCUT2D eigenvalue weighted by Crippen LogP contribution is -2.37. The SMILES string of the molecule is COc1cccnc1-c1cc(-c2ccc(-c3cnc(NC4CC(C(N)=O)CCO4)nc3)nc2)ccn1. The van der Waals surface area contributed by atoms with Gasteiger partial charge in [-0.25, -0.2) is 9.97 Å². The number of aromatic nitrogens is 5. The molecule has 0 radical (unpaired) electrons. The van der Waals surface area contributed by atoms with Crippen molar-refractivity contribution in [1.29, 1.82) is 0 Å². The van der Waals surface area contributed by atoms with Gasteiger partial charge in [0, 0.05) is 61.1 Å².